The Balaban J connectivity index is 1.84. The molecule has 0 radical (unpaired) electrons. The minimum atomic E-state index is 0.00898. The molecule has 2 unspecified atom stereocenters. The van der Waals surface area contributed by atoms with Gasteiger partial charge in [-0.25, -0.2) is 0 Å². The van der Waals surface area contributed by atoms with Crippen LogP contribution in [0.4, 0.5) is 0 Å². The molecule has 2 atom stereocenters. The van der Waals surface area contributed by atoms with Crippen LogP contribution >= 0.6 is 0 Å². The SMILES string of the molecule is O=C(c1ccccc1O)N1CCCC2CCCCC21. The molecule has 3 heteroatoms. The predicted octanol–water partition coefficient (Wildman–Crippen LogP) is 3.19. The molecule has 1 heterocycles. The number of nitrogens with zero attached hydrogens (tertiary/aromatic N) is 1. The van der Waals surface area contributed by atoms with E-state index < -0.39 is 0 Å². The summed E-state index contributed by atoms with van der Waals surface area (Å²) in [6.45, 7) is 0.842. The highest BCUT2D eigenvalue weighted by molar-refractivity contribution is 5.97. The summed E-state index contributed by atoms with van der Waals surface area (Å²) in [5, 5.41) is 9.86. The number of aromatic hydroxyl groups is 1. The van der Waals surface area contributed by atoms with Crippen LogP contribution in [0, 0.1) is 5.92 Å². The highest BCUT2D eigenvalue weighted by Crippen LogP contribution is 2.36. The van der Waals surface area contributed by atoms with E-state index in [2.05, 4.69) is 0 Å². The molecule has 1 saturated heterocycles. The number of hydrogen-bond donors (Lipinski definition) is 1. The first-order chi connectivity index (χ1) is 9.27. The van der Waals surface area contributed by atoms with Crippen LogP contribution in [0.25, 0.3) is 0 Å². The van der Waals surface area contributed by atoms with Gasteiger partial charge in [-0.05, 0) is 43.7 Å². The van der Waals surface area contributed by atoms with Gasteiger partial charge in [-0.2, -0.15) is 0 Å². The summed E-state index contributed by atoms with van der Waals surface area (Å²) in [5.41, 5.74) is 0.453. The first-order valence-corrected chi connectivity index (χ1v) is 7.36. The number of carbonyl (C=O) groups is 1. The van der Waals surface area contributed by atoms with Gasteiger partial charge in [-0.15, -0.1) is 0 Å². The summed E-state index contributed by atoms with van der Waals surface area (Å²) in [6, 6.07) is 7.29. The van der Waals surface area contributed by atoms with Crippen molar-refractivity contribution in [1.82, 2.24) is 4.90 Å². The number of fused-ring (bicyclic) bond motifs is 1. The van der Waals surface area contributed by atoms with E-state index in [0.29, 0.717) is 17.5 Å². The largest absolute Gasteiger partial charge is 0.507 e. The smallest absolute Gasteiger partial charge is 0.257 e. The van der Waals surface area contributed by atoms with Gasteiger partial charge >= 0.3 is 0 Å². The fourth-order valence-corrected chi connectivity index (χ4v) is 3.69. The van der Waals surface area contributed by atoms with Crippen molar-refractivity contribution in [1.29, 1.82) is 0 Å². The average molecular weight is 259 g/mol. The van der Waals surface area contributed by atoms with E-state index >= 15 is 0 Å². The molecule has 3 nitrogen and oxygen atoms in total. The fourth-order valence-electron chi connectivity index (χ4n) is 3.69. The predicted molar refractivity (Wildman–Crippen MR) is 74.1 cm³/mol. The molecule has 0 bridgehead atoms. The van der Waals surface area contributed by atoms with Gasteiger partial charge in [0.1, 0.15) is 5.75 Å². The van der Waals surface area contributed by atoms with Gasteiger partial charge in [0.25, 0.3) is 5.91 Å². The summed E-state index contributed by atoms with van der Waals surface area (Å²) < 4.78 is 0. The number of para-hydroxylation sites is 1. The van der Waals surface area contributed by atoms with Crippen molar-refractivity contribution in [3.8, 4) is 5.75 Å². The van der Waals surface area contributed by atoms with Crippen LogP contribution in [0.3, 0.4) is 0 Å². The molecule has 3 rings (SSSR count). The van der Waals surface area contributed by atoms with Crippen molar-refractivity contribution >= 4 is 5.91 Å². The van der Waals surface area contributed by atoms with Crippen molar-refractivity contribution in [3.63, 3.8) is 0 Å². The van der Waals surface area contributed by atoms with Crippen LogP contribution in [0.15, 0.2) is 24.3 Å². The van der Waals surface area contributed by atoms with Gasteiger partial charge < -0.3 is 10.0 Å². The van der Waals surface area contributed by atoms with Gasteiger partial charge in [0.15, 0.2) is 0 Å². The van der Waals surface area contributed by atoms with Crippen LogP contribution in [0.5, 0.6) is 5.75 Å². The number of hydrogen-bond acceptors (Lipinski definition) is 2. The molecule has 0 aromatic heterocycles. The van der Waals surface area contributed by atoms with Crippen molar-refractivity contribution < 1.29 is 9.90 Å². The van der Waals surface area contributed by atoms with Gasteiger partial charge in [0.05, 0.1) is 5.56 Å². The average Bonchev–Trinajstić information content (AvgIpc) is 2.46. The lowest BCUT2D eigenvalue weighted by Crippen LogP contribution is -2.49. The molecule has 0 spiro atoms. The Labute approximate surface area is 114 Å². The minimum absolute atomic E-state index is 0.00898. The first kappa shape index (κ1) is 12.5. The lowest BCUT2D eigenvalue weighted by Gasteiger charge is -2.44. The van der Waals surface area contributed by atoms with Gasteiger partial charge in [-0.1, -0.05) is 25.0 Å². The Morgan fingerprint density at radius 3 is 2.68 bits per heavy atom. The van der Waals surface area contributed by atoms with Crippen molar-refractivity contribution in [2.24, 2.45) is 5.92 Å². The van der Waals surface area contributed by atoms with E-state index in [1.54, 1.807) is 18.2 Å². The van der Waals surface area contributed by atoms with E-state index in [1.165, 1.54) is 25.7 Å². The number of phenolic OH excluding ortho intramolecular Hbond substituents is 1. The summed E-state index contributed by atoms with van der Waals surface area (Å²) in [7, 11) is 0. The molecule has 1 saturated carbocycles. The summed E-state index contributed by atoms with van der Waals surface area (Å²) in [5.74, 6) is 0.789. The molecule has 1 aromatic carbocycles. The quantitative estimate of drug-likeness (QED) is 0.841. The van der Waals surface area contributed by atoms with E-state index in [0.717, 1.165) is 19.4 Å². The maximum Gasteiger partial charge on any atom is 0.257 e. The van der Waals surface area contributed by atoms with E-state index in [-0.39, 0.29) is 11.7 Å². The molecule has 2 aliphatic rings. The molecule has 1 aliphatic heterocycles. The Morgan fingerprint density at radius 2 is 1.84 bits per heavy atom. The standard InChI is InChI=1S/C16H21NO2/c18-15-10-4-2-8-13(15)16(19)17-11-5-7-12-6-1-3-9-14(12)17/h2,4,8,10,12,14,18H,1,3,5-7,9,11H2. The molecule has 1 amide bonds. The number of piperidine rings is 1. The molecule has 2 fully saturated rings. The van der Waals surface area contributed by atoms with E-state index in [9.17, 15) is 9.90 Å². The molecule has 102 valence electrons. The Bertz CT molecular complexity index is 470. The van der Waals surface area contributed by atoms with Crippen LogP contribution < -0.4 is 0 Å². The second-order valence-corrected chi connectivity index (χ2v) is 5.77. The number of rotatable bonds is 1. The monoisotopic (exact) mass is 259 g/mol. The minimum Gasteiger partial charge on any atom is -0.507 e. The fraction of sp³-hybridized carbons (Fsp3) is 0.562. The Kier molecular flexibility index (Phi) is 3.45. The van der Waals surface area contributed by atoms with Crippen molar-refractivity contribution in [2.75, 3.05) is 6.54 Å². The van der Waals surface area contributed by atoms with Crippen molar-refractivity contribution in [2.45, 2.75) is 44.6 Å². The lowest BCUT2D eigenvalue weighted by molar-refractivity contribution is 0.0388. The molecule has 1 aliphatic carbocycles. The third-order valence-corrected chi connectivity index (χ3v) is 4.64. The summed E-state index contributed by atoms with van der Waals surface area (Å²) in [6.07, 6.45) is 7.28. The number of benzene rings is 1. The highest BCUT2D eigenvalue weighted by atomic mass is 16.3. The van der Waals surface area contributed by atoms with E-state index in [4.69, 9.17) is 0 Å². The maximum absolute atomic E-state index is 12.6. The molecule has 19 heavy (non-hydrogen) atoms. The zero-order valence-electron chi connectivity index (χ0n) is 11.2. The lowest BCUT2D eigenvalue weighted by atomic mass is 9.78. The van der Waals surface area contributed by atoms with Crippen LogP contribution in [-0.4, -0.2) is 28.5 Å². The molecule has 1 aromatic rings. The summed E-state index contributed by atoms with van der Waals surface area (Å²) in [4.78, 5) is 14.7. The Morgan fingerprint density at radius 1 is 1.11 bits per heavy atom. The third-order valence-electron chi connectivity index (χ3n) is 4.64. The highest BCUT2D eigenvalue weighted by Gasteiger charge is 2.36. The van der Waals surface area contributed by atoms with Crippen LogP contribution in [0.1, 0.15) is 48.9 Å². The molecule has 1 N–H and O–H groups in total. The molecular weight excluding hydrogens is 238 g/mol. The first-order valence-electron chi connectivity index (χ1n) is 7.36. The van der Waals surface area contributed by atoms with Gasteiger partial charge in [0.2, 0.25) is 0 Å². The number of phenols is 1. The number of likely N-dealkylation sites (tertiary alicyclic amines) is 1. The molecular formula is C16H21NO2. The summed E-state index contributed by atoms with van der Waals surface area (Å²) >= 11 is 0. The number of amides is 1. The number of carbonyl (C=O) groups excluding carboxylic acids is 1. The van der Waals surface area contributed by atoms with Crippen molar-refractivity contribution in [3.05, 3.63) is 29.8 Å². The van der Waals surface area contributed by atoms with Crippen LogP contribution in [0.2, 0.25) is 0 Å². The second kappa shape index (κ2) is 5.24. The Hall–Kier alpha value is -1.51. The normalized spacial score (nSPS) is 26.8. The van der Waals surface area contributed by atoms with Gasteiger partial charge in [-0.3, -0.25) is 4.79 Å². The zero-order valence-corrected chi connectivity index (χ0v) is 11.2. The topological polar surface area (TPSA) is 40.5 Å². The zero-order chi connectivity index (χ0) is 13.2. The van der Waals surface area contributed by atoms with Gasteiger partial charge in [0, 0.05) is 12.6 Å². The second-order valence-electron chi connectivity index (χ2n) is 5.77. The maximum atomic E-state index is 12.6. The van der Waals surface area contributed by atoms with Crippen LogP contribution in [-0.2, 0) is 0 Å². The van der Waals surface area contributed by atoms with E-state index in [1.807, 2.05) is 11.0 Å². The third kappa shape index (κ3) is 2.34.